The van der Waals surface area contributed by atoms with Gasteiger partial charge < -0.3 is 0 Å². The first kappa shape index (κ1) is 19.0. The molecule has 0 bridgehead atoms. The van der Waals surface area contributed by atoms with Crippen LogP contribution in [0.15, 0.2) is 47.4 Å². The molecule has 2 aromatic rings. The Bertz CT molecular complexity index is 888. The number of benzene rings is 1. The Labute approximate surface area is 176 Å². The summed E-state index contributed by atoms with van der Waals surface area (Å²) < 4.78 is 12.1. The Hall–Kier alpha value is -0.340. The predicted molar refractivity (Wildman–Crippen MR) is 117 cm³/mol. The number of hydrazine groups is 1. The third-order valence-corrected chi connectivity index (χ3v) is 8.33. The van der Waals surface area contributed by atoms with Crippen LogP contribution < -0.4 is 18.4 Å². The first-order chi connectivity index (χ1) is 12.7. The quantitative estimate of drug-likeness (QED) is 0.486. The van der Waals surface area contributed by atoms with Crippen molar-refractivity contribution in [1.82, 2.24) is 22.2 Å². The summed E-state index contributed by atoms with van der Waals surface area (Å²) in [6, 6.07) is 7.82. The number of halogens is 1. The third-order valence-electron chi connectivity index (χ3n) is 3.42. The van der Waals surface area contributed by atoms with E-state index in [1.54, 1.807) is 3.82 Å². The van der Waals surface area contributed by atoms with Gasteiger partial charge in [0.2, 0.25) is 0 Å². The van der Waals surface area contributed by atoms with Gasteiger partial charge in [-0.1, -0.05) is 45.8 Å². The van der Waals surface area contributed by atoms with Crippen molar-refractivity contribution in [3.05, 3.63) is 57.3 Å². The molecule has 2 heterocycles. The molecule has 1 atom stereocenters. The smallest absolute Gasteiger partial charge is 0.267 e. The van der Waals surface area contributed by atoms with Crippen LogP contribution >= 0.6 is 71.3 Å². The molecule has 1 aromatic carbocycles. The molecule has 12 heteroatoms. The SMILES string of the molecule is O=C(NN1SNSNSN[C@H]2C=CC=C2S1)c1sc2ccccc2c1Cl. The van der Waals surface area contributed by atoms with Gasteiger partial charge in [0.1, 0.15) is 4.88 Å². The fourth-order valence-electron chi connectivity index (χ4n) is 2.28. The Morgan fingerprint density at radius 2 is 2.12 bits per heavy atom. The monoisotopic (exact) mass is 461 g/mol. The van der Waals surface area contributed by atoms with E-state index in [-0.39, 0.29) is 11.9 Å². The molecule has 0 unspecified atom stereocenters. The normalized spacial score (nSPS) is 21.4. The van der Waals surface area contributed by atoms with Gasteiger partial charge in [-0.05, 0) is 24.1 Å². The fraction of sp³-hybridized carbons (Fsp3) is 0.0714. The van der Waals surface area contributed by atoms with Crippen LogP contribution in [0.5, 0.6) is 0 Å². The molecule has 26 heavy (non-hydrogen) atoms. The summed E-state index contributed by atoms with van der Waals surface area (Å²) >= 11 is 13.2. The van der Waals surface area contributed by atoms with Gasteiger partial charge in [-0.15, -0.1) is 11.3 Å². The minimum Gasteiger partial charge on any atom is -0.267 e. The minimum absolute atomic E-state index is 0.0871. The molecule has 1 aromatic heterocycles. The summed E-state index contributed by atoms with van der Waals surface area (Å²) in [4.78, 5) is 14.4. The summed E-state index contributed by atoms with van der Waals surface area (Å²) in [7, 11) is 0. The summed E-state index contributed by atoms with van der Waals surface area (Å²) in [5.74, 6) is -0.238. The van der Waals surface area contributed by atoms with Crippen molar-refractivity contribution < 1.29 is 4.79 Å². The van der Waals surface area contributed by atoms with E-state index in [1.807, 2.05) is 36.4 Å². The number of hydrogen-bond acceptors (Lipinski definition) is 10. The Balaban J connectivity index is 1.51. The van der Waals surface area contributed by atoms with Crippen LogP contribution in [0.1, 0.15) is 9.67 Å². The van der Waals surface area contributed by atoms with E-state index in [2.05, 4.69) is 24.5 Å². The van der Waals surface area contributed by atoms with Gasteiger partial charge in [-0.2, -0.15) is 8.25 Å². The fourth-order valence-corrected chi connectivity index (χ4v) is 6.83. The van der Waals surface area contributed by atoms with Gasteiger partial charge in [0.05, 0.1) is 23.2 Å². The van der Waals surface area contributed by atoms with Crippen molar-refractivity contribution in [3.63, 3.8) is 0 Å². The summed E-state index contributed by atoms with van der Waals surface area (Å²) in [6.07, 6.45) is 6.07. The zero-order valence-electron chi connectivity index (χ0n) is 12.9. The number of nitrogens with zero attached hydrogens (tertiary/aromatic N) is 1. The highest BCUT2D eigenvalue weighted by atomic mass is 35.5. The predicted octanol–water partition coefficient (Wildman–Crippen LogP) is 4.44. The molecule has 4 N–H and O–H groups in total. The highest BCUT2D eigenvalue weighted by Crippen LogP contribution is 2.36. The maximum absolute atomic E-state index is 12.8. The maximum atomic E-state index is 12.8. The number of fused-ring (bicyclic) bond motifs is 2. The van der Waals surface area contributed by atoms with Crippen LogP contribution in [0.25, 0.3) is 10.1 Å². The molecule has 1 aliphatic heterocycles. The van der Waals surface area contributed by atoms with Gasteiger partial charge in [-0.3, -0.25) is 10.2 Å². The molecule has 0 spiro atoms. The molecule has 1 aliphatic carbocycles. The highest BCUT2D eigenvalue weighted by Gasteiger charge is 2.24. The molecule has 4 rings (SSSR count). The van der Waals surface area contributed by atoms with Crippen LogP contribution in [0.4, 0.5) is 0 Å². The van der Waals surface area contributed by atoms with Gasteiger partial charge in [0.15, 0.2) is 0 Å². The van der Waals surface area contributed by atoms with Crippen molar-refractivity contribution in [1.29, 1.82) is 0 Å². The van der Waals surface area contributed by atoms with E-state index in [9.17, 15) is 4.79 Å². The number of carbonyl (C=O) groups excluding carboxylic acids is 1. The third kappa shape index (κ3) is 4.22. The van der Waals surface area contributed by atoms with E-state index >= 15 is 0 Å². The number of allylic oxidation sites excluding steroid dienone is 2. The van der Waals surface area contributed by atoms with E-state index in [0.717, 1.165) is 15.0 Å². The molecule has 1 saturated heterocycles. The van der Waals surface area contributed by atoms with Gasteiger partial charge in [0, 0.05) is 39.3 Å². The topological polar surface area (TPSA) is 68.4 Å². The van der Waals surface area contributed by atoms with Crippen molar-refractivity contribution in [2.75, 3.05) is 0 Å². The number of nitrogens with one attached hydrogen (secondary N) is 4. The second-order valence-corrected chi connectivity index (χ2v) is 10.2. The van der Waals surface area contributed by atoms with Crippen molar-refractivity contribution in [2.24, 2.45) is 0 Å². The molecule has 6 nitrogen and oxygen atoms in total. The van der Waals surface area contributed by atoms with E-state index in [1.165, 1.54) is 59.7 Å². The Morgan fingerprint density at radius 1 is 1.23 bits per heavy atom. The molecule has 2 aliphatic rings. The van der Waals surface area contributed by atoms with Crippen LogP contribution in [-0.2, 0) is 0 Å². The highest BCUT2D eigenvalue weighted by molar-refractivity contribution is 8.21. The van der Waals surface area contributed by atoms with E-state index in [0.29, 0.717) is 9.90 Å². The Kier molecular flexibility index (Phi) is 6.41. The lowest BCUT2D eigenvalue weighted by Gasteiger charge is -2.24. The largest absolute Gasteiger partial charge is 0.278 e. The molecule has 0 radical (unpaired) electrons. The van der Waals surface area contributed by atoms with Gasteiger partial charge in [0.25, 0.3) is 5.91 Å². The average Bonchev–Trinajstić information content (AvgIpc) is 3.23. The van der Waals surface area contributed by atoms with E-state index in [4.69, 9.17) is 11.6 Å². The van der Waals surface area contributed by atoms with E-state index < -0.39 is 0 Å². The lowest BCUT2D eigenvalue weighted by atomic mass is 10.2. The van der Waals surface area contributed by atoms with Crippen molar-refractivity contribution >= 4 is 87.3 Å². The zero-order chi connectivity index (χ0) is 17.9. The number of hydrogen-bond donors (Lipinski definition) is 4. The first-order valence-electron chi connectivity index (χ1n) is 7.31. The molecular weight excluding hydrogens is 450 g/mol. The summed E-state index contributed by atoms with van der Waals surface area (Å²) in [6.45, 7) is 0. The molecular formula is C14H12ClN5OS5. The van der Waals surface area contributed by atoms with Gasteiger partial charge >= 0.3 is 0 Å². The molecule has 0 saturated carbocycles. The minimum atomic E-state index is -0.238. The van der Waals surface area contributed by atoms with Crippen molar-refractivity contribution in [3.8, 4) is 0 Å². The molecule has 136 valence electrons. The lowest BCUT2D eigenvalue weighted by molar-refractivity contribution is 0.0927. The van der Waals surface area contributed by atoms with Crippen molar-refractivity contribution in [2.45, 2.75) is 6.04 Å². The average molecular weight is 462 g/mol. The number of carbonyl (C=O) groups is 1. The van der Waals surface area contributed by atoms with Gasteiger partial charge in [-0.25, -0.2) is 4.72 Å². The maximum Gasteiger partial charge on any atom is 0.278 e. The number of rotatable bonds is 2. The number of amides is 1. The lowest BCUT2D eigenvalue weighted by Crippen LogP contribution is -2.36. The van der Waals surface area contributed by atoms with Crippen LogP contribution in [0.2, 0.25) is 5.02 Å². The van der Waals surface area contributed by atoms with Crippen LogP contribution in [-0.4, -0.2) is 15.8 Å². The van der Waals surface area contributed by atoms with Crippen LogP contribution in [0.3, 0.4) is 0 Å². The Morgan fingerprint density at radius 3 is 3.00 bits per heavy atom. The first-order valence-corrected chi connectivity index (χ1v) is 11.7. The summed E-state index contributed by atoms with van der Waals surface area (Å²) in [5, 5.41) is 1.38. The second-order valence-electron chi connectivity index (χ2n) is 5.04. The zero-order valence-corrected chi connectivity index (χ0v) is 17.7. The van der Waals surface area contributed by atoms with Crippen LogP contribution in [0, 0.1) is 0 Å². The number of thiophene rings is 1. The summed E-state index contributed by atoms with van der Waals surface area (Å²) in [5.41, 5.74) is 2.91. The standard InChI is InChI=1S/C14H12ClN5OS5/c15-12-8-4-1-2-6-10(8)22-13(12)14(21)16-20-23-11-7-3-5-9(11)17-24-18-25-19-26-20/h1-7,9,17-19H,(H,16,21)/t9-/m0/s1. The molecule has 1 fully saturated rings. The molecule has 1 amide bonds. The second kappa shape index (κ2) is 8.78.